The number of aromatic nitrogens is 2. The third-order valence-corrected chi connectivity index (χ3v) is 3.20. The SMILES string of the molecule is CC(C)N(CCNc1nccn1C(C)C)C(C)C. The normalized spacial score (nSPS) is 12.1. The van der Waals surface area contributed by atoms with E-state index in [2.05, 4.69) is 61.3 Å². The molecule has 0 saturated heterocycles. The lowest BCUT2D eigenvalue weighted by atomic mass is 10.2. The van der Waals surface area contributed by atoms with Gasteiger partial charge < -0.3 is 9.88 Å². The van der Waals surface area contributed by atoms with Crippen molar-refractivity contribution in [3.05, 3.63) is 12.4 Å². The van der Waals surface area contributed by atoms with Crippen LogP contribution in [0.5, 0.6) is 0 Å². The summed E-state index contributed by atoms with van der Waals surface area (Å²) in [7, 11) is 0. The molecule has 104 valence electrons. The molecule has 1 rings (SSSR count). The van der Waals surface area contributed by atoms with Crippen molar-refractivity contribution in [1.29, 1.82) is 0 Å². The smallest absolute Gasteiger partial charge is 0.203 e. The van der Waals surface area contributed by atoms with E-state index in [-0.39, 0.29) is 0 Å². The van der Waals surface area contributed by atoms with E-state index in [1.165, 1.54) is 0 Å². The van der Waals surface area contributed by atoms with Crippen LogP contribution in [0.3, 0.4) is 0 Å². The number of hydrogen-bond acceptors (Lipinski definition) is 3. The van der Waals surface area contributed by atoms with Gasteiger partial charge in [-0.05, 0) is 41.5 Å². The van der Waals surface area contributed by atoms with Crippen LogP contribution in [0.2, 0.25) is 0 Å². The maximum absolute atomic E-state index is 4.36. The number of rotatable bonds is 7. The molecule has 18 heavy (non-hydrogen) atoms. The Hall–Kier alpha value is -1.03. The molecular weight excluding hydrogens is 224 g/mol. The fraction of sp³-hybridized carbons (Fsp3) is 0.786. The van der Waals surface area contributed by atoms with Crippen molar-refractivity contribution >= 4 is 5.95 Å². The Labute approximate surface area is 111 Å². The minimum atomic E-state index is 0.446. The van der Waals surface area contributed by atoms with Crippen LogP contribution >= 0.6 is 0 Å². The molecule has 4 nitrogen and oxygen atoms in total. The summed E-state index contributed by atoms with van der Waals surface area (Å²) in [5.74, 6) is 0.970. The summed E-state index contributed by atoms with van der Waals surface area (Å²) >= 11 is 0. The molecule has 4 heteroatoms. The molecule has 0 saturated carbocycles. The van der Waals surface area contributed by atoms with Crippen LogP contribution in [-0.4, -0.2) is 39.6 Å². The first-order chi connectivity index (χ1) is 8.43. The zero-order valence-electron chi connectivity index (χ0n) is 12.6. The summed E-state index contributed by atoms with van der Waals surface area (Å²) in [4.78, 5) is 6.84. The van der Waals surface area contributed by atoms with Gasteiger partial charge in [0, 0.05) is 43.6 Å². The average molecular weight is 252 g/mol. The number of hydrogen-bond donors (Lipinski definition) is 1. The highest BCUT2D eigenvalue weighted by molar-refractivity contribution is 5.26. The zero-order valence-corrected chi connectivity index (χ0v) is 12.6. The highest BCUT2D eigenvalue weighted by atomic mass is 15.2. The Bertz CT molecular complexity index is 333. The molecule has 0 aromatic carbocycles. The van der Waals surface area contributed by atoms with Crippen molar-refractivity contribution in [3.8, 4) is 0 Å². The van der Waals surface area contributed by atoms with E-state index in [4.69, 9.17) is 0 Å². The van der Waals surface area contributed by atoms with Crippen molar-refractivity contribution < 1.29 is 0 Å². The van der Waals surface area contributed by atoms with Crippen LogP contribution < -0.4 is 5.32 Å². The fourth-order valence-corrected chi connectivity index (χ4v) is 2.28. The Morgan fingerprint density at radius 3 is 2.28 bits per heavy atom. The van der Waals surface area contributed by atoms with Gasteiger partial charge >= 0.3 is 0 Å². The monoisotopic (exact) mass is 252 g/mol. The van der Waals surface area contributed by atoms with Gasteiger partial charge in [-0.25, -0.2) is 4.98 Å². The van der Waals surface area contributed by atoms with Gasteiger partial charge in [0.2, 0.25) is 5.95 Å². The van der Waals surface area contributed by atoms with Gasteiger partial charge in [-0.15, -0.1) is 0 Å². The van der Waals surface area contributed by atoms with Crippen molar-refractivity contribution in [3.63, 3.8) is 0 Å². The summed E-state index contributed by atoms with van der Waals surface area (Å²) in [6, 6.07) is 1.61. The van der Waals surface area contributed by atoms with Gasteiger partial charge in [-0.2, -0.15) is 0 Å². The predicted octanol–water partition coefficient (Wildman–Crippen LogP) is 2.99. The third kappa shape index (κ3) is 4.02. The molecule has 0 fully saturated rings. The van der Waals surface area contributed by atoms with Gasteiger partial charge in [-0.3, -0.25) is 4.90 Å². The van der Waals surface area contributed by atoms with E-state index >= 15 is 0 Å². The van der Waals surface area contributed by atoms with Gasteiger partial charge in [0.1, 0.15) is 0 Å². The molecule has 0 atom stereocenters. The topological polar surface area (TPSA) is 33.1 Å². The van der Waals surface area contributed by atoms with Crippen LogP contribution in [0, 0.1) is 0 Å². The fourth-order valence-electron chi connectivity index (χ4n) is 2.28. The summed E-state index contributed by atoms with van der Waals surface area (Å²) in [6.07, 6.45) is 3.88. The summed E-state index contributed by atoms with van der Waals surface area (Å²) < 4.78 is 2.16. The largest absolute Gasteiger partial charge is 0.354 e. The van der Waals surface area contributed by atoms with E-state index in [0.29, 0.717) is 18.1 Å². The van der Waals surface area contributed by atoms with Gasteiger partial charge in [0.15, 0.2) is 0 Å². The van der Waals surface area contributed by atoms with E-state index in [1.54, 1.807) is 0 Å². The molecule has 0 radical (unpaired) electrons. The Kier molecular flexibility index (Phi) is 5.66. The molecule has 1 aromatic heterocycles. The van der Waals surface area contributed by atoms with Crippen molar-refractivity contribution in [2.75, 3.05) is 18.4 Å². The van der Waals surface area contributed by atoms with Crippen molar-refractivity contribution in [2.45, 2.75) is 59.7 Å². The molecule has 0 unspecified atom stereocenters. The molecule has 1 N–H and O–H groups in total. The highest BCUT2D eigenvalue weighted by Crippen LogP contribution is 2.12. The number of nitrogens with one attached hydrogen (secondary N) is 1. The maximum Gasteiger partial charge on any atom is 0.203 e. The first kappa shape index (κ1) is 15.0. The van der Waals surface area contributed by atoms with Gasteiger partial charge in [0.25, 0.3) is 0 Å². The van der Waals surface area contributed by atoms with E-state index in [0.717, 1.165) is 19.0 Å². The zero-order chi connectivity index (χ0) is 13.7. The second-order valence-corrected chi connectivity index (χ2v) is 5.60. The second-order valence-electron chi connectivity index (χ2n) is 5.60. The Morgan fingerprint density at radius 2 is 1.78 bits per heavy atom. The quantitative estimate of drug-likeness (QED) is 0.810. The summed E-state index contributed by atoms with van der Waals surface area (Å²) in [5, 5.41) is 3.42. The van der Waals surface area contributed by atoms with E-state index in [9.17, 15) is 0 Å². The molecule has 0 amide bonds. The lowest BCUT2D eigenvalue weighted by Crippen LogP contribution is -2.40. The summed E-state index contributed by atoms with van der Waals surface area (Å²) in [6.45, 7) is 15.3. The first-order valence-corrected chi connectivity index (χ1v) is 6.96. The predicted molar refractivity (Wildman–Crippen MR) is 78.1 cm³/mol. The molecule has 1 aromatic rings. The third-order valence-electron chi connectivity index (χ3n) is 3.20. The molecule has 0 aliphatic heterocycles. The minimum absolute atomic E-state index is 0.446. The molecular formula is C14H28N4. The van der Waals surface area contributed by atoms with Crippen LogP contribution in [0.25, 0.3) is 0 Å². The van der Waals surface area contributed by atoms with Crippen LogP contribution in [0.4, 0.5) is 5.95 Å². The maximum atomic E-state index is 4.36. The molecule has 0 aliphatic rings. The molecule has 0 spiro atoms. The van der Waals surface area contributed by atoms with Crippen molar-refractivity contribution in [2.24, 2.45) is 0 Å². The lowest BCUT2D eigenvalue weighted by molar-refractivity contribution is 0.182. The molecule has 1 heterocycles. The van der Waals surface area contributed by atoms with Gasteiger partial charge in [0.05, 0.1) is 0 Å². The molecule has 0 aliphatic carbocycles. The van der Waals surface area contributed by atoms with Crippen LogP contribution in [-0.2, 0) is 0 Å². The standard InChI is InChI=1S/C14H28N4/c1-11(2)17(12(3)4)9-7-15-14-16-8-10-18(14)13(5)6/h8,10-13H,7,9H2,1-6H3,(H,15,16). The van der Waals surface area contributed by atoms with Gasteiger partial charge in [-0.1, -0.05) is 0 Å². The number of nitrogens with zero attached hydrogens (tertiary/aromatic N) is 3. The lowest BCUT2D eigenvalue weighted by Gasteiger charge is -2.30. The van der Waals surface area contributed by atoms with E-state index < -0.39 is 0 Å². The highest BCUT2D eigenvalue weighted by Gasteiger charge is 2.13. The number of imidazole rings is 1. The Morgan fingerprint density at radius 1 is 1.17 bits per heavy atom. The Balaban J connectivity index is 2.48. The molecule has 0 bridgehead atoms. The van der Waals surface area contributed by atoms with Crippen LogP contribution in [0.15, 0.2) is 12.4 Å². The van der Waals surface area contributed by atoms with Crippen LogP contribution in [0.1, 0.15) is 47.6 Å². The number of anilines is 1. The first-order valence-electron chi connectivity index (χ1n) is 6.96. The van der Waals surface area contributed by atoms with E-state index in [1.807, 2.05) is 12.4 Å². The average Bonchev–Trinajstić information content (AvgIpc) is 2.71. The second kappa shape index (κ2) is 6.78. The summed E-state index contributed by atoms with van der Waals surface area (Å²) in [5.41, 5.74) is 0. The van der Waals surface area contributed by atoms with Crippen molar-refractivity contribution in [1.82, 2.24) is 14.5 Å². The minimum Gasteiger partial charge on any atom is -0.354 e.